The Bertz CT molecular complexity index is 922. The molecule has 0 saturated carbocycles. The van der Waals surface area contributed by atoms with E-state index in [1.54, 1.807) is 11.8 Å². The average molecular weight is 398 g/mol. The summed E-state index contributed by atoms with van der Waals surface area (Å²) in [5, 5.41) is 3.76. The summed E-state index contributed by atoms with van der Waals surface area (Å²) in [5.41, 5.74) is 3.56. The number of unbranched alkanes of at least 4 members (excludes halogenated alkanes) is 1. The molecule has 146 valence electrons. The van der Waals surface area contributed by atoms with E-state index in [1.807, 2.05) is 48.5 Å². The highest BCUT2D eigenvalue weighted by Crippen LogP contribution is 2.24. The number of nitrogens with zero attached hydrogens (tertiary/aromatic N) is 1. The van der Waals surface area contributed by atoms with Gasteiger partial charge in [0.25, 0.3) is 5.91 Å². The molecule has 0 fully saturated rings. The number of amides is 1. The van der Waals surface area contributed by atoms with E-state index in [4.69, 9.17) is 0 Å². The molecule has 1 amide bonds. The summed E-state index contributed by atoms with van der Waals surface area (Å²) in [4.78, 5) is 31.5. The average Bonchev–Trinajstić information content (AvgIpc) is 3.15. The number of rotatable bonds is 9. The highest BCUT2D eigenvalue weighted by molar-refractivity contribution is 7.98. The molecule has 0 bridgehead atoms. The van der Waals surface area contributed by atoms with Crippen LogP contribution in [0.4, 0.5) is 0 Å². The lowest BCUT2D eigenvalue weighted by Gasteiger charge is -2.09. The molecule has 0 aliphatic carbocycles. The van der Waals surface area contributed by atoms with Gasteiger partial charge in [0.05, 0.1) is 18.1 Å². The lowest BCUT2D eigenvalue weighted by atomic mass is 10.1. The summed E-state index contributed by atoms with van der Waals surface area (Å²) in [7, 11) is 1.38. The van der Waals surface area contributed by atoms with Crippen molar-refractivity contribution in [3.8, 4) is 0 Å². The van der Waals surface area contributed by atoms with Gasteiger partial charge in [-0.1, -0.05) is 42.1 Å². The topological polar surface area (TPSA) is 84.1 Å². The summed E-state index contributed by atoms with van der Waals surface area (Å²) >= 11 is 1.57. The number of nitrogens with one attached hydrogen (secondary N) is 2. The Morgan fingerprint density at radius 1 is 1.11 bits per heavy atom. The van der Waals surface area contributed by atoms with Gasteiger partial charge in [0, 0.05) is 24.3 Å². The maximum atomic E-state index is 12.5. The fourth-order valence-corrected chi connectivity index (χ4v) is 3.69. The number of methoxy groups -OCH3 is 1. The van der Waals surface area contributed by atoms with Gasteiger partial charge < -0.3 is 15.0 Å². The molecule has 0 saturated heterocycles. The van der Waals surface area contributed by atoms with Crippen LogP contribution in [0.1, 0.15) is 35.2 Å². The van der Waals surface area contributed by atoms with Gasteiger partial charge in [-0.15, -0.1) is 0 Å². The van der Waals surface area contributed by atoms with Crippen molar-refractivity contribution in [2.24, 2.45) is 0 Å². The maximum absolute atomic E-state index is 12.5. The van der Waals surface area contributed by atoms with Crippen molar-refractivity contribution in [1.29, 1.82) is 0 Å². The second-order valence-electron chi connectivity index (χ2n) is 6.29. The van der Waals surface area contributed by atoms with E-state index in [0.717, 1.165) is 28.2 Å². The zero-order valence-electron chi connectivity index (χ0n) is 15.7. The molecule has 3 aromatic rings. The summed E-state index contributed by atoms with van der Waals surface area (Å²) in [6, 6.07) is 15.5. The molecule has 0 atom stereocenters. The predicted octanol–water partition coefficient (Wildman–Crippen LogP) is 3.93. The highest BCUT2D eigenvalue weighted by atomic mass is 32.2. The number of aromatic amines is 1. The zero-order chi connectivity index (χ0) is 19.8. The largest absolute Gasteiger partial charge is 0.469 e. The number of imidazole rings is 1. The number of carbonyl (C=O) groups excluding carboxylic acids is 2. The van der Waals surface area contributed by atoms with E-state index in [9.17, 15) is 9.59 Å². The van der Waals surface area contributed by atoms with E-state index >= 15 is 0 Å². The van der Waals surface area contributed by atoms with Crippen LogP contribution < -0.4 is 5.32 Å². The minimum absolute atomic E-state index is 0.0983. The number of carbonyl (C=O) groups is 2. The number of aromatic nitrogens is 2. The molecule has 7 heteroatoms. The van der Waals surface area contributed by atoms with Gasteiger partial charge in [0.15, 0.2) is 5.16 Å². The van der Waals surface area contributed by atoms with Crippen molar-refractivity contribution in [2.45, 2.75) is 30.2 Å². The molecule has 1 aromatic heterocycles. The van der Waals surface area contributed by atoms with Crippen molar-refractivity contribution in [2.75, 3.05) is 13.7 Å². The smallest absolute Gasteiger partial charge is 0.305 e. The molecule has 0 radical (unpaired) electrons. The molecule has 3 rings (SSSR count). The first-order chi connectivity index (χ1) is 13.7. The van der Waals surface area contributed by atoms with Crippen LogP contribution in [0, 0.1) is 0 Å². The number of esters is 1. The summed E-state index contributed by atoms with van der Waals surface area (Å²) in [6.45, 7) is 0.529. The summed E-state index contributed by atoms with van der Waals surface area (Å²) in [6.07, 6.45) is 1.80. The summed E-state index contributed by atoms with van der Waals surface area (Å²) in [5.74, 6) is 0.323. The lowest BCUT2D eigenvalue weighted by molar-refractivity contribution is -0.140. The van der Waals surface area contributed by atoms with Gasteiger partial charge in [0.2, 0.25) is 0 Å². The normalized spacial score (nSPS) is 10.8. The Kier molecular flexibility index (Phi) is 7.08. The Balaban J connectivity index is 1.54. The molecule has 0 aliphatic heterocycles. The van der Waals surface area contributed by atoms with Crippen LogP contribution >= 0.6 is 11.8 Å². The number of para-hydroxylation sites is 2. The molecule has 1 heterocycles. The second-order valence-corrected chi connectivity index (χ2v) is 7.26. The van der Waals surface area contributed by atoms with Crippen LogP contribution in [0.3, 0.4) is 0 Å². The van der Waals surface area contributed by atoms with Gasteiger partial charge >= 0.3 is 5.97 Å². The maximum Gasteiger partial charge on any atom is 0.305 e. The third-order valence-electron chi connectivity index (χ3n) is 4.31. The molecular formula is C21H23N3O3S. The molecule has 0 spiro atoms. The molecule has 2 aromatic carbocycles. The van der Waals surface area contributed by atoms with Gasteiger partial charge in [0.1, 0.15) is 0 Å². The van der Waals surface area contributed by atoms with Crippen LogP contribution in [-0.2, 0) is 15.3 Å². The lowest BCUT2D eigenvalue weighted by Crippen LogP contribution is -2.25. The fourth-order valence-electron chi connectivity index (χ4n) is 2.81. The molecular weight excluding hydrogens is 374 g/mol. The highest BCUT2D eigenvalue weighted by Gasteiger charge is 2.12. The SMILES string of the molecule is COC(=O)CCCCNC(=O)c1ccccc1CSc1nc2ccccc2[nH]1. The van der Waals surface area contributed by atoms with Gasteiger partial charge in [-0.25, -0.2) is 4.98 Å². The number of hydrogen-bond acceptors (Lipinski definition) is 5. The van der Waals surface area contributed by atoms with E-state index in [0.29, 0.717) is 30.7 Å². The van der Waals surface area contributed by atoms with E-state index < -0.39 is 0 Å². The third-order valence-corrected chi connectivity index (χ3v) is 5.24. The first kappa shape index (κ1) is 19.9. The fraction of sp³-hybridized carbons (Fsp3) is 0.286. The van der Waals surface area contributed by atoms with Crippen molar-refractivity contribution in [3.63, 3.8) is 0 Å². The second kappa shape index (κ2) is 9.94. The van der Waals surface area contributed by atoms with Crippen LogP contribution in [0.15, 0.2) is 53.7 Å². The monoisotopic (exact) mass is 397 g/mol. The van der Waals surface area contributed by atoms with Crippen molar-refractivity contribution in [1.82, 2.24) is 15.3 Å². The minimum atomic E-state index is -0.223. The van der Waals surface area contributed by atoms with Crippen LogP contribution in [0.2, 0.25) is 0 Å². The van der Waals surface area contributed by atoms with Gasteiger partial charge in [-0.2, -0.15) is 0 Å². The quantitative estimate of drug-likeness (QED) is 0.325. The zero-order valence-corrected chi connectivity index (χ0v) is 16.6. The Labute approximate surface area is 168 Å². The first-order valence-electron chi connectivity index (χ1n) is 9.18. The predicted molar refractivity (Wildman–Crippen MR) is 110 cm³/mol. The van der Waals surface area contributed by atoms with Crippen molar-refractivity contribution in [3.05, 3.63) is 59.7 Å². The van der Waals surface area contributed by atoms with Crippen LogP contribution in [0.25, 0.3) is 11.0 Å². The number of fused-ring (bicyclic) bond motifs is 1. The standard InChI is InChI=1S/C21H23N3O3S/c1-27-19(25)12-6-7-13-22-20(26)16-9-3-2-8-15(16)14-28-21-23-17-10-4-5-11-18(17)24-21/h2-5,8-11H,6-7,12-14H2,1H3,(H,22,26)(H,23,24). The van der Waals surface area contributed by atoms with E-state index in [1.165, 1.54) is 7.11 Å². The molecule has 0 aliphatic rings. The number of hydrogen-bond donors (Lipinski definition) is 2. The van der Waals surface area contributed by atoms with Crippen LogP contribution in [-0.4, -0.2) is 35.5 Å². The Morgan fingerprint density at radius 3 is 2.71 bits per heavy atom. The number of thioether (sulfide) groups is 1. The van der Waals surface area contributed by atoms with Gasteiger partial charge in [-0.3, -0.25) is 9.59 Å². The molecule has 2 N–H and O–H groups in total. The molecule has 28 heavy (non-hydrogen) atoms. The van der Waals surface area contributed by atoms with E-state index in [2.05, 4.69) is 20.0 Å². The first-order valence-corrected chi connectivity index (χ1v) is 10.2. The van der Waals surface area contributed by atoms with E-state index in [-0.39, 0.29) is 11.9 Å². The molecule has 0 unspecified atom stereocenters. The van der Waals surface area contributed by atoms with Crippen molar-refractivity contribution < 1.29 is 14.3 Å². The number of ether oxygens (including phenoxy) is 1. The summed E-state index contributed by atoms with van der Waals surface area (Å²) < 4.78 is 4.61. The van der Waals surface area contributed by atoms with Gasteiger partial charge in [-0.05, 0) is 36.6 Å². The van der Waals surface area contributed by atoms with Crippen LogP contribution in [0.5, 0.6) is 0 Å². The molecule has 6 nitrogen and oxygen atoms in total. The van der Waals surface area contributed by atoms with Crippen molar-refractivity contribution >= 4 is 34.7 Å². The minimum Gasteiger partial charge on any atom is -0.469 e. The number of H-pyrrole nitrogens is 1. The Hall–Kier alpha value is -2.80. The third kappa shape index (κ3) is 5.36. The Morgan fingerprint density at radius 2 is 1.89 bits per heavy atom. The number of benzene rings is 2.